The minimum atomic E-state index is -1.38. The van der Waals surface area contributed by atoms with Crippen molar-refractivity contribution in [2.75, 3.05) is 0 Å². The smallest absolute Gasteiger partial charge is 0.338 e. The molecule has 1 saturated heterocycles. The second kappa shape index (κ2) is 6.47. The number of hydrogen-bond acceptors (Lipinski definition) is 3. The standard InChI is InChI=1S/C20H25FO3/c21-20-12-11-16(13-17(20)24-20)18(14-7-3-1-4-8-14)23-19(22)15-9-5-2-6-10-15/h2,5-6,9-10,14,16-18H,1,3-4,7-8,11-13H2. The molecule has 0 bridgehead atoms. The molecule has 4 heteroatoms. The third kappa shape index (κ3) is 3.21. The molecule has 24 heavy (non-hydrogen) atoms. The van der Waals surface area contributed by atoms with E-state index < -0.39 is 5.85 Å². The van der Waals surface area contributed by atoms with E-state index >= 15 is 0 Å². The molecule has 3 aliphatic rings. The third-order valence-corrected chi connectivity index (χ3v) is 5.97. The maximum absolute atomic E-state index is 14.0. The highest BCUT2D eigenvalue weighted by Crippen LogP contribution is 2.52. The molecule has 1 aromatic rings. The molecule has 0 amide bonds. The van der Waals surface area contributed by atoms with Crippen LogP contribution in [0.4, 0.5) is 4.39 Å². The predicted octanol–water partition coefficient (Wildman–Crippen LogP) is 4.66. The van der Waals surface area contributed by atoms with E-state index in [1.165, 1.54) is 19.3 Å². The number of halogens is 1. The number of alkyl halides is 1. The molecule has 0 N–H and O–H groups in total. The maximum Gasteiger partial charge on any atom is 0.338 e. The molecular formula is C20H25FO3. The molecule has 2 aliphatic carbocycles. The van der Waals surface area contributed by atoms with Gasteiger partial charge in [-0.25, -0.2) is 9.18 Å². The molecule has 0 radical (unpaired) electrons. The summed E-state index contributed by atoms with van der Waals surface area (Å²) in [7, 11) is 0. The van der Waals surface area contributed by atoms with Gasteiger partial charge in [0.15, 0.2) is 0 Å². The fourth-order valence-electron chi connectivity index (χ4n) is 4.53. The number of rotatable bonds is 4. The molecule has 0 spiro atoms. The summed E-state index contributed by atoms with van der Waals surface area (Å²) in [6.07, 6.45) is 7.35. The number of carbonyl (C=O) groups excluding carboxylic acids is 1. The van der Waals surface area contributed by atoms with Gasteiger partial charge < -0.3 is 9.47 Å². The van der Waals surface area contributed by atoms with Crippen LogP contribution in [-0.2, 0) is 9.47 Å². The summed E-state index contributed by atoms with van der Waals surface area (Å²) in [6, 6.07) is 9.17. The Morgan fingerprint density at radius 1 is 1.12 bits per heavy atom. The van der Waals surface area contributed by atoms with Crippen molar-refractivity contribution >= 4 is 5.97 Å². The van der Waals surface area contributed by atoms with E-state index in [1.54, 1.807) is 12.1 Å². The van der Waals surface area contributed by atoms with Gasteiger partial charge in [0.2, 0.25) is 5.85 Å². The molecule has 4 atom stereocenters. The van der Waals surface area contributed by atoms with E-state index in [0.29, 0.717) is 24.3 Å². The lowest BCUT2D eigenvalue weighted by atomic mass is 9.75. The Morgan fingerprint density at radius 2 is 1.88 bits per heavy atom. The van der Waals surface area contributed by atoms with E-state index in [-0.39, 0.29) is 24.1 Å². The summed E-state index contributed by atoms with van der Waals surface area (Å²) in [5, 5.41) is 0. The fourth-order valence-corrected chi connectivity index (χ4v) is 4.53. The second-order valence-corrected chi connectivity index (χ2v) is 7.56. The predicted molar refractivity (Wildman–Crippen MR) is 88.3 cm³/mol. The Labute approximate surface area is 142 Å². The van der Waals surface area contributed by atoms with Crippen LogP contribution in [0.1, 0.15) is 61.7 Å². The Bertz CT molecular complexity index is 584. The lowest BCUT2D eigenvalue weighted by Gasteiger charge is -2.36. The van der Waals surface area contributed by atoms with E-state index in [4.69, 9.17) is 9.47 Å². The molecule has 3 fully saturated rings. The fraction of sp³-hybridized carbons (Fsp3) is 0.650. The zero-order valence-corrected chi connectivity index (χ0v) is 14.0. The molecular weight excluding hydrogens is 307 g/mol. The van der Waals surface area contributed by atoms with Crippen molar-refractivity contribution in [2.45, 2.75) is 69.4 Å². The maximum atomic E-state index is 14.0. The number of benzene rings is 1. The highest BCUT2D eigenvalue weighted by atomic mass is 19.2. The van der Waals surface area contributed by atoms with E-state index in [1.807, 2.05) is 18.2 Å². The summed E-state index contributed by atoms with van der Waals surface area (Å²) >= 11 is 0. The van der Waals surface area contributed by atoms with Gasteiger partial charge in [0.05, 0.1) is 5.56 Å². The van der Waals surface area contributed by atoms with E-state index in [0.717, 1.165) is 19.3 Å². The largest absolute Gasteiger partial charge is 0.458 e. The highest BCUT2D eigenvalue weighted by molar-refractivity contribution is 5.89. The van der Waals surface area contributed by atoms with Gasteiger partial charge in [-0.1, -0.05) is 37.5 Å². The van der Waals surface area contributed by atoms with E-state index in [9.17, 15) is 9.18 Å². The van der Waals surface area contributed by atoms with Crippen LogP contribution in [0.3, 0.4) is 0 Å². The Kier molecular flexibility index (Phi) is 4.33. The van der Waals surface area contributed by atoms with Crippen molar-refractivity contribution in [2.24, 2.45) is 11.8 Å². The van der Waals surface area contributed by atoms with Crippen LogP contribution in [0.2, 0.25) is 0 Å². The molecule has 1 aromatic carbocycles. The first-order valence-electron chi connectivity index (χ1n) is 9.28. The summed E-state index contributed by atoms with van der Waals surface area (Å²) < 4.78 is 25.2. The monoisotopic (exact) mass is 332 g/mol. The number of hydrogen-bond donors (Lipinski definition) is 0. The average Bonchev–Trinajstić information content (AvgIpc) is 3.31. The molecule has 0 aromatic heterocycles. The van der Waals surface area contributed by atoms with Gasteiger partial charge in [-0.15, -0.1) is 0 Å². The van der Waals surface area contributed by atoms with Crippen molar-refractivity contribution in [1.29, 1.82) is 0 Å². The SMILES string of the molecule is O=C(OC(C1CCCCC1)C1CCC2(F)OC2C1)c1ccccc1. The van der Waals surface area contributed by atoms with Crippen molar-refractivity contribution < 1.29 is 18.7 Å². The van der Waals surface area contributed by atoms with Gasteiger partial charge in [0.25, 0.3) is 0 Å². The van der Waals surface area contributed by atoms with Crippen LogP contribution in [0, 0.1) is 11.8 Å². The first-order valence-corrected chi connectivity index (χ1v) is 9.28. The van der Waals surface area contributed by atoms with Crippen LogP contribution in [0.25, 0.3) is 0 Å². The van der Waals surface area contributed by atoms with Crippen LogP contribution in [-0.4, -0.2) is 24.0 Å². The highest BCUT2D eigenvalue weighted by Gasteiger charge is 2.61. The van der Waals surface area contributed by atoms with Crippen LogP contribution >= 0.6 is 0 Å². The van der Waals surface area contributed by atoms with Crippen LogP contribution in [0.15, 0.2) is 30.3 Å². The summed E-state index contributed by atoms with van der Waals surface area (Å²) in [5.74, 6) is -1.00. The lowest BCUT2D eigenvalue weighted by molar-refractivity contribution is -0.0258. The third-order valence-electron chi connectivity index (χ3n) is 5.97. The molecule has 4 unspecified atom stereocenters. The summed E-state index contributed by atoms with van der Waals surface area (Å²) in [4.78, 5) is 12.6. The molecule has 3 nitrogen and oxygen atoms in total. The van der Waals surface area contributed by atoms with Crippen LogP contribution in [0.5, 0.6) is 0 Å². The van der Waals surface area contributed by atoms with Crippen molar-refractivity contribution in [3.63, 3.8) is 0 Å². The van der Waals surface area contributed by atoms with Gasteiger partial charge in [-0.3, -0.25) is 0 Å². The van der Waals surface area contributed by atoms with Gasteiger partial charge in [-0.05, 0) is 49.7 Å². The molecule has 1 heterocycles. The number of esters is 1. The van der Waals surface area contributed by atoms with Gasteiger partial charge in [-0.2, -0.15) is 0 Å². The number of ether oxygens (including phenoxy) is 2. The number of fused-ring (bicyclic) bond motifs is 1. The topological polar surface area (TPSA) is 38.8 Å². The quantitative estimate of drug-likeness (QED) is 0.595. The van der Waals surface area contributed by atoms with Gasteiger partial charge in [0, 0.05) is 6.42 Å². The Morgan fingerprint density at radius 3 is 2.58 bits per heavy atom. The first kappa shape index (κ1) is 16.1. The minimum Gasteiger partial charge on any atom is -0.458 e. The lowest BCUT2D eigenvalue weighted by Crippen LogP contribution is -2.38. The van der Waals surface area contributed by atoms with Gasteiger partial charge in [0.1, 0.15) is 12.2 Å². The van der Waals surface area contributed by atoms with Gasteiger partial charge >= 0.3 is 5.97 Å². The molecule has 1 aliphatic heterocycles. The minimum absolute atomic E-state index is 0.105. The molecule has 130 valence electrons. The van der Waals surface area contributed by atoms with Crippen molar-refractivity contribution in [3.05, 3.63) is 35.9 Å². The second-order valence-electron chi connectivity index (χ2n) is 7.56. The Hall–Kier alpha value is -1.42. The molecule has 4 rings (SSSR count). The summed E-state index contributed by atoms with van der Waals surface area (Å²) in [5.41, 5.74) is 0.594. The van der Waals surface area contributed by atoms with Crippen LogP contribution < -0.4 is 0 Å². The van der Waals surface area contributed by atoms with Crippen molar-refractivity contribution in [3.8, 4) is 0 Å². The van der Waals surface area contributed by atoms with E-state index in [2.05, 4.69) is 0 Å². The van der Waals surface area contributed by atoms with Crippen molar-refractivity contribution in [1.82, 2.24) is 0 Å². The zero-order valence-electron chi connectivity index (χ0n) is 14.0. The number of epoxide rings is 1. The number of carbonyl (C=O) groups is 1. The summed E-state index contributed by atoms with van der Waals surface area (Å²) in [6.45, 7) is 0. The normalized spacial score (nSPS) is 34.2. The Balaban J connectivity index is 1.48. The zero-order chi connectivity index (χ0) is 16.6. The molecule has 2 saturated carbocycles. The average molecular weight is 332 g/mol. The first-order chi connectivity index (χ1) is 11.7.